The number of nitrogen functional groups attached to an aromatic ring is 1. The van der Waals surface area contributed by atoms with Gasteiger partial charge in [0.2, 0.25) is 0 Å². The summed E-state index contributed by atoms with van der Waals surface area (Å²) in [6, 6.07) is 11.4. The highest BCUT2D eigenvalue weighted by Crippen LogP contribution is 2.15. The highest BCUT2D eigenvalue weighted by atomic mass is 19.1. The fraction of sp³-hybridized carbons (Fsp3) is 0.133. The van der Waals surface area contributed by atoms with E-state index in [1.807, 2.05) is 6.07 Å². The molecule has 0 bridgehead atoms. The second-order valence-corrected chi connectivity index (χ2v) is 4.30. The van der Waals surface area contributed by atoms with Gasteiger partial charge >= 0.3 is 0 Å². The van der Waals surface area contributed by atoms with Crippen LogP contribution in [-0.2, 0) is 6.42 Å². The second-order valence-electron chi connectivity index (χ2n) is 4.30. The Morgan fingerprint density at radius 1 is 1.22 bits per heavy atom. The predicted octanol–water partition coefficient (Wildman–Crippen LogP) is 3.14. The molecule has 2 aromatic rings. The summed E-state index contributed by atoms with van der Waals surface area (Å²) in [5.74, 6) is -0.492. The summed E-state index contributed by atoms with van der Waals surface area (Å²) >= 11 is 0. The molecule has 0 aliphatic rings. The summed E-state index contributed by atoms with van der Waals surface area (Å²) in [7, 11) is 0. The number of benzene rings is 2. The molecule has 0 atom stereocenters. The van der Waals surface area contributed by atoms with Crippen molar-refractivity contribution in [2.45, 2.75) is 13.3 Å². The van der Waals surface area contributed by atoms with Gasteiger partial charge in [-0.2, -0.15) is 0 Å². The molecule has 92 valence electrons. The number of rotatable bonds is 3. The van der Waals surface area contributed by atoms with Gasteiger partial charge in [-0.15, -0.1) is 0 Å². The van der Waals surface area contributed by atoms with Crippen molar-refractivity contribution in [2.75, 3.05) is 5.73 Å². The van der Waals surface area contributed by atoms with E-state index in [0.717, 1.165) is 11.1 Å². The van der Waals surface area contributed by atoms with Crippen molar-refractivity contribution in [3.8, 4) is 0 Å². The first-order chi connectivity index (χ1) is 8.56. The lowest BCUT2D eigenvalue weighted by atomic mass is 9.99. The van der Waals surface area contributed by atoms with Crippen molar-refractivity contribution >= 4 is 11.5 Å². The maximum absolute atomic E-state index is 13.1. The van der Waals surface area contributed by atoms with Gasteiger partial charge < -0.3 is 5.73 Å². The molecule has 2 aromatic carbocycles. The molecule has 3 heteroatoms. The molecule has 2 rings (SSSR count). The van der Waals surface area contributed by atoms with Gasteiger partial charge in [-0.3, -0.25) is 4.79 Å². The third-order valence-corrected chi connectivity index (χ3v) is 2.82. The van der Waals surface area contributed by atoms with Crippen LogP contribution >= 0.6 is 0 Å². The van der Waals surface area contributed by atoms with Crippen molar-refractivity contribution in [1.29, 1.82) is 0 Å². The van der Waals surface area contributed by atoms with E-state index in [4.69, 9.17) is 5.73 Å². The first-order valence-electron chi connectivity index (χ1n) is 5.70. The number of anilines is 1. The molecule has 18 heavy (non-hydrogen) atoms. The van der Waals surface area contributed by atoms with Crippen molar-refractivity contribution < 1.29 is 9.18 Å². The van der Waals surface area contributed by atoms with Crippen LogP contribution in [0, 0.1) is 12.7 Å². The van der Waals surface area contributed by atoms with E-state index in [2.05, 4.69) is 0 Å². The number of hydrogen-bond donors (Lipinski definition) is 1. The first-order valence-corrected chi connectivity index (χ1v) is 5.70. The molecule has 0 unspecified atom stereocenters. The SMILES string of the molecule is Cc1ccc(F)cc1C(=O)Cc1cccc(N)c1. The molecule has 0 amide bonds. The van der Waals surface area contributed by atoms with E-state index in [1.54, 1.807) is 31.2 Å². The number of Topliss-reactive ketones (excluding diaryl/α,β-unsaturated/α-hetero) is 1. The smallest absolute Gasteiger partial charge is 0.167 e. The molecular formula is C15H14FNO. The van der Waals surface area contributed by atoms with Crippen LogP contribution in [0.5, 0.6) is 0 Å². The molecule has 0 aliphatic carbocycles. The van der Waals surface area contributed by atoms with Crippen LogP contribution in [0.25, 0.3) is 0 Å². The van der Waals surface area contributed by atoms with Gasteiger partial charge in [-0.25, -0.2) is 4.39 Å². The summed E-state index contributed by atoms with van der Waals surface area (Å²) in [5.41, 5.74) is 8.32. The lowest BCUT2D eigenvalue weighted by Gasteiger charge is -2.06. The second kappa shape index (κ2) is 5.00. The number of carbonyl (C=O) groups excluding carboxylic acids is 1. The van der Waals surface area contributed by atoms with Gasteiger partial charge in [0.25, 0.3) is 0 Å². The summed E-state index contributed by atoms with van der Waals surface area (Å²) in [6.45, 7) is 1.80. The summed E-state index contributed by atoms with van der Waals surface area (Å²) in [4.78, 5) is 12.1. The minimum absolute atomic E-state index is 0.0994. The maximum Gasteiger partial charge on any atom is 0.167 e. The lowest BCUT2D eigenvalue weighted by Crippen LogP contribution is -2.06. The predicted molar refractivity (Wildman–Crippen MR) is 70.0 cm³/mol. The number of hydrogen-bond acceptors (Lipinski definition) is 2. The molecule has 0 spiro atoms. The number of nitrogens with two attached hydrogens (primary N) is 1. The van der Waals surface area contributed by atoms with Crippen molar-refractivity contribution in [3.63, 3.8) is 0 Å². The Hall–Kier alpha value is -2.16. The lowest BCUT2D eigenvalue weighted by molar-refractivity contribution is 0.0992. The molecule has 2 N–H and O–H groups in total. The first kappa shape index (κ1) is 12.3. The molecule has 0 aliphatic heterocycles. The van der Waals surface area contributed by atoms with Crippen LogP contribution in [0.3, 0.4) is 0 Å². The van der Waals surface area contributed by atoms with Crippen molar-refractivity contribution in [1.82, 2.24) is 0 Å². The Bertz CT molecular complexity index is 593. The Morgan fingerprint density at radius 2 is 2.00 bits per heavy atom. The average Bonchev–Trinajstić information content (AvgIpc) is 2.32. The van der Waals surface area contributed by atoms with E-state index in [-0.39, 0.29) is 12.2 Å². The third-order valence-electron chi connectivity index (χ3n) is 2.82. The van der Waals surface area contributed by atoms with Crippen molar-refractivity contribution in [3.05, 3.63) is 65.0 Å². The average molecular weight is 243 g/mol. The van der Waals surface area contributed by atoms with Gasteiger partial charge in [-0.05, 0) is 42.3 Å². The van der Waals surface area contributed by atoms with Crippen LogP contribution in [0.1, 0.15) is 21.5 Å². The van der Waals surface area contributed by atoms with E-state index in [1.165, 1.54) is 12.1 Å². The van der Waals surface area contributed by atoms with E-state index in [9.17, 15) is 9.18 Å². The number of carbonyl (C=O) groups is 1. The van der Waals surface area contributed by atoms with Gasteiger partial charge in [-0.1, -0.05) is 18.2 Å². The van der Waals surface area contributed by atoms with Crippen LogP contribution < -0.4 is 5.73 Å². The number of halogens is 1. The van der Waals surface area contributed by atoms with Crippen molar-refractivity contribution in [2.24, 2.45) is 0 Å². The summed E-state index contributed by atoms with van der Waals surface area (Å²) < 4.78 is 13.1. The third kappa shape index (κ3) is 2.74. The van der Waals surface area contributed by atoms with Gasteiger partial charge in [0.1, 0.15) is 5.82 Å². The Morgan fingerprint density at radius 3 is 2.72 bits per heavy atom. The molecule has 0 aromatic heterocycles. The van der Waals surface area contributed by atoms with Crippen LogP contribution in [0.15, 0.2) is 42.5 Å². The monoisotopic (exact) mass is 243 g/mol. The van der Waals surface area contributed by atoms with E-state index in [0.29, 0.717) is 11.3 Å². The van der Waals surface area contributed by atoms with Crippen LogP contribution in [0.4, 0.5) is 10.1 Å². The molecule has 2 nitrogen and oxygen atoms in total. The largest absolute Gasteiger partial charge is 0.399 e. The maximum atomic E-state index is 13.1. The van der Waals surface area contributed by atoms with Gasteiger partial charge in [0, 0.05) is 17.7 Å². The normalized spacial score (nSPS) is 10.3. The zero-order valence-electron chi connectivity index (χ0n) is 10.1. The number of aryl methyl sites for hydroxylation is 1. The molecule has 0 heterocycles. The molecule has 0 saturated carbocycles. The zero-order valence-corrected chi connectivity index (χ0v) is 10.1. The van der Waals surface area contributed by atoms with E-state index < -0.39 is 5.82 Å². The molecular weight excluding hydrogens is 229 g/mol. The molecule has 0 radical (unpaired) electrons. The zero-order chi connectivity index (χ0) is 13.1. The Labute approximate surface area is 105 Å². The van der Waals surface area contributed by atoms with Gasteiger partial charge in [0.05, 0.1) is 0 Å². The quantitative estimate of drug-likeness (QED) is 0.664. The fourth-order valence-electron chi connectivity index (χ4n) is 1.88. The Kier molecular flexibility index (Phi) is 3.42. The fourth-order valence-corrected chi connectivity index (χ4v) is 1.88. The molecule has 0 fully saturated rings. The summed E-state index contributed by atoms with van der Waals surface area (Å²) in [5, 5.41) is 0. The minimum atomic E-state index is -0.392. The van der Waals surface area contributed by atoms with E-state index >= 15 is 0 Å². The van der Waals surface area contributed by atoms with Crippen LogP contribution in [-0.4, -0.2) is 5.78 Å². The van der Waals surface area contributed by atoms with Crippen LogP contribution in [0.2, 0.25) is 0 Å². The number of ketones is 1. The van der Waals surface area contributed by atoms with Gasteiger partial charge in [0.15, 0.2) is 5.78 Å². The molecule has 0 saturated heterocycles. The minimum Gasteiger partial charge on any atom is -0.399 e. The summed E-state index contributed by atoms with van der Waals surface area (Å²) in [6.07, 6.45) is 0.231. The highest BCUT2D eigenvalue weighted by molar-refractivity contribution is 5.98. The standard InChI is InChI=1S/C15H14FNO/c1-10-5-6-12(16)9-14(10)15(18)8-11-3-2-4-13(17)7-11/h2-7,9H,8,17H2,1H3. The topological polar surface area (TPSA) is 43.1 Å². The highest BCUT2D eigenvalue weighted by Gasteiger charge is 2.11. The Balaban J connectivity index is 2.24.